The van der Waals surface area contributed by atoms with Gasteiger partial charge in [-0.25, -0.2) is 4.79 Å². The average molecular weight is 392 g/mol. The number of carbonyl (C=O) groups excluding carboxylic acids is 3. The van der Waals surface area contributed by atoms with Crippen molar-refractivity contribution in [2.45, 2.75) is 51.4 Å². The van der Waals surface area contributed by atoms with Crippen LogP contribution in [-0.2, 0) is 19.2 Å². The molecule has 0 bridgehead atoms. The molecule has 0 aromatic heterocycles. The first-order valence-corrected chi connectivity index (χ1v) is 8.77. The molecule has 7 N–H and O–H groups in total. The quantitative estimate of drug-likeness (QED) is 0.196. The molecule has 0 aromatic rings. The van der Waals surface area contributed by atoms with E-state index in [1.807, 2.05) is 13.8 Å². The van der Waals surface area contributed by atoms with Crippen LogP contribution in [0.15, 0.2) is 0 Å². The van der Waals surface area contributed by atoms with Crippen LogP contribution in [0.5, 0.6) is 0 Å². The Morgan fingerprint density at radius 1 is 0.923 bits per heavy atom. The monoisotopic (exact) mass is 392 g/mol. The molecule has 10 nitrogen and oxygen atoms in total. The summed E-state index contributed by atoms with van der Waals surface area (Å²) in [7, 11) is 0. The molecule has 0 rings (SSSR count). The lowest BCUT2D eigenvalue weighted by molar-refractivity contribution is -0.143. The minimum absolute atomic E-state index is 0.0770. The van der Waals surface area contributed by atoms with Crippen molar-refractivity contribution in [1.29, 1.82) is 0 Å². The van der Waals surface area contributed by atoms with Crippen LogP contribution >= 0.6 is 12.6 Å². The Hall–Kier alpha value is -1.85. The van der Waals surface area contributed by atoms with Gasteiger partial charge in [0.15, 0.2) is 0 Å². The molecule has 0 aliphatic carbocycles. The minimum Gasteiger partial charge on any atom is -0.480 e. The molecule has 0 aromatic carbocycles. The van der Waals surface area contributed by atoms with Gasteiger partial charge < -0.3 is 31.9 Å². The van der Waals surface area contributed by atoms with Crippen LogP contribution in [0.4, 0.5) is 0 Å². The number of aliphatic carboxylic acids is 1. The standard InChI is InChI=1S/C15H28N4O6S/c1-7(2)4-9(17-12(21)8(3)16)13(22)19-11(6-26)14(23)18-10(5-20)15(24)25/h7-11,20,26H,4-6,16H2,1-3H3,(H,17,21)(H,18,23)(H,19,22)(H,24,25). The molecule has 150 valence electrons. The van der Waals surface area contributed by atoms with Gasteiger partial charge in [0.2, 0.25) is 17.7 Å². The molecule has 0 aliphatic heterocycles. The fraction of sp³-hybridized carbons (Fsp3) is 0.733. The van der Waals surface area contributed by atoms with Gasteiger partial charge in [0.25, 0.3) is 0 Å². The number of hydrogen-bond acceptors (Lipinski definition) is 7. The summed E-state index contributed by atoms with van der Waals surface area (Å²) in [5.41, 5.74) is 5.49. The zero-order chi connectivity index (χ0) is 20.4. The van der Waals surface area contributed by atoms with E-state index in [1.54, 1.807) is 0 Å². The zero-order valence-electron chi connectivity index (χ0n) is 15.1. The maximum atomic E-state index is 12.5. The van der Waals surface area contributed by atoms with Crippen molar-refractivity contribution >= 4 is 36.3 Å². The number of amides is 3. The molecule has 0 radical (unpaired) electrons. The van der Waals surface area contributed by atoms with E-state index in [9.17, 15) is 19.2 Å². The summed E-state index contributed by atoms with van der Waals surface area (Å²) in [6, 6.07) is -4.34. The van der Waals surface area contributed by atoms with Crippen LogP contribution in [0.25, 0.3) is 0 Å². The number of nitrogens with one attached hydrogen (secondary N) is 3. The van der Waals surface area contributed by atoms with Gasteiger partial charge in [-0.3, -0.25) is 14.4 Å². The average Bonchev–Trinajstić information content (AvgIpc) is 2.55. The molecular weight excluding hydrogens is 364 g/mol. The molecule has 4 unspecified atom stereocenters. The van der Waals surface area contributed by atoms with E-state index in [0.717, 1.165) is 0 Å². The van der Waals surface area contributed by atoms with Crippen molar-refractivity contribution in [1.82, 2.24) is 16.0 Å². The number of carboxylic acids is 1. The first-order chi connectivity index (χ1) is 12.0. The van der Waals surface area contributed by atoms with Crippen LogP contribution in [-0.4, -0.2) is 70.4 Å². The van der Waals surface area contributed by atoms with Crippen LogP contribution in [0.3, 0.4) is 0 Å². The van der Waals surface area contributed by atoms with Crippen molar-refractivity contribution in [2.24, 2.45) is 11.7 Å². The van der Waals surface area contributed by atoms with Gasteiger partial charge in [-0.15, -0.1) is 0 Å². The van der Waals surface area contributed by atoms with E-state index >= 15 is 0 Å². The molecule has 0 spiro atoms. The van der Waals surface area contributed by atoms with Crippen molar-refractivity contribution in [2.75, 3.05) is 12.4 Å². The van der Waals surface area contributed by atoms with Crippen LogP contribution in [0.1, 0.15) is 27.2 Å². The molecule has 11 heteroatoms. The van der Waals surface area contributed by atoms with Crippen LogP contribution < -0.4 is 21.7 Å². The maximum absolute atomic E-state index is 12.5. The summed E-state index contributed by atoms with van der Waals surface area (Å²) in [4.78, 5) is 47.2. The lowest BCUT2D eigenvalue weighted by Crippen LogP contribution is -2.58. The van der Waals surface area contributed by atoms with Crippen molar-refractivity contribution in [3.8, 4) is 0 Å². The van der Waals surface area contributed by atoms with Crippen LogP contribution in [0.2, 0.25) is 0 Å². The lowest BCUT2D eigenvalue weighted by Gasteiger charge is -2.24. The second-order valence-electron chi connectivity index (χ2n) is 6.31. The van der Waals surface area contributed by atoms with Gasteiger partial charge in [0.1, 0.15) is 18.1 Å². The molecule has 3 amide bonds. The topological polar surface area (TPSA) is 171 Å². The highest BCUT2D eigenvalue weighted by Crippen LogP contribution is 2.06. The summed E-state index contributed by atoms with van der Waals surface area (Å²) in [5.74, 6) is -3.37. The number of rotatable bonds is 11. The number of nitrogens with two attached hydrogens (primary N) is 1. The van der Waals surface area contributed by atoms with E-state index < -0.39 is 54.5 Å². The Morgan fingerprint density at radius 3 is 1.77 bits per heavy atom. The molecular formula is C15H28N4O6S. The van der Waals surface area contributed by atoms with E-state index in [1.165, 1.54) is 6.92 Å². The number of thiol groups is 1. The molecule has 0 fully saturated rings. The predicted octanol–water partition coefficient (Wildman–Crippen LogP) is -2.16. The molecule has 4 atom stereocenters. The summed E-state index contributed by atoms with van der Waals surface area (Å²) in [6.07, 6.45) is 0.319. The summed E-state index contributed by atoms with van der Waals surface area (Å²) >= 11 is 3.98. The van der Waals surface area contributed by atoms with E-state index in [2.05, 4.69) is 28.6 Å². The number of aliphatic hydroxyl groups is 1. The third kappa shape index (κ3) is 8.50. The van der Waals surface area contributed by atoms with Gasteiger partial charge >= 0.3 is 5.97 Å². The third-order valence-electron chi connectivity index (χ3n) is 3.37. The summed E-state index contributed by atoms with van der Waals surface area (Å²) in [5, 5.41) is 24.9. The molecule has 0 saturated carbocycles. The van der Waals surface area contributed by atoms with Crippen LogP contribution in [0, 0.1) is 5.92 Å². The predicted molar refractivity (Wildman–Crippen MR) is 97.5 cm³/mol. The highest BCUT2D eigenvalue weighted by Gasteiger charge is 2.29. The van der Waals surface area contributed by atoms with Gasteiger partial charge in [0, 0.05) is 5.75 Å². The molecule has 0 saturated heterocycles. The zero-order valence-corrected chi connectivity index (χ0v) is 16.0. The Balaban J connectivity index is 5.06. The molecule has 0 heterocycles. The summed E-state index contributed by atoms with van der Waals surface area (Å²) < 4.78 is 0. The second kappa shape index (κ2) is 11.7. The van der Waals surface area contributed by atoms with Gasteiger partial charge in [-0.2, -0.15) is 12.6 Å². The summed E-state index contributed by atoms with van der Waals surface area (Å²) in [6.45, 7) is 4.40. The Morgan fingerprint density at radius 2 is 1.38 bits per heavy atom. The fourth-order valence-corrected chi connectivity index (χ4v) is 2.19. The van der Waals surface area contributed by atoms with Gasteiger partial charge in [0.05, 0.1) is 12.6 Å². The fourth-order valence-electron chi connectivity index (χ4n) is 1.93. The Bertz CT molecular complexity index is 514. The van der Waals surface area contributed by atoms with Crippen molar-refractivity contribution < 1.29 is 29.4 Å². The normalized spacial score (nSPS) is 15.5. The minimum atomic E-state index is -1.49. The number of aliphatic hydroxyl groups excluding tert-OH is 1. The number of carbonyl (C=O) groups is 4. The first-order valence-electron chi connectivity index (χ1n) is 8.14. The highest BCUT2D eigenvalue weighted by molar-refractivity contribution is 7.80. The van der Waals surface area contributed by atoms with Gasteiger partial charge in [-0.05, 0) is 19.3 Å². The smallest absolute Gasteiger partial charge is 0.328 e. The first kappa shape index (κ1) is 24.1. The number of hydrogen-bond donors (Lipinski definition) is 7. The van der Waals surface area contributed by atoms with E-state index in [0.29, 0.717) is 6.42 Å². The highest BCUT2D eigenvalue weighted by atomic mass is 32.1. The second-order valence-corrected chi connectivity index (χ2v) is 6.67. The van der Waals surface area contributed by atoms with Crippen molar-refractivity contribution in [3.63, 3.8) is 0 Å². The van der Waals surface area contributed by atoms with E-state index in [4.69, 9.17) is 15.9 Å². The lowest BCUT2D eigenvalue weighted by atomic mass is 10.0. The Kier molecular flexibility index (Phi) is 10.9. The number of carboxylic acid groups (broad SMARTS) is 1. The largest absolute Gasteiger partial charge is 0.480 e. The Labute approximate surface area is 157 Å². The molecule has 0 aliphatic rings. The van der Waals surface area contributed by atoms with E-state index in [-0.39, 0.29) is 11.7 Å². The maximum Gasteiger partial charge on any atom is 0.328 e. The molecule has 26 heavy (non-hydrogen) atoms. The third-order valence-corrected chi connectivity index (χ3v) is 3.73. The SMILES string of the molecule is CC(C)CC(NC(=O)C(C)N)C(=O)NC(CS)C(=O)NC(CO)C(=O)O. The van der Waals surface area contributed by atoms with Crippen molar-refractivity contribution in [3.05, 3.63) is 0 Å². The van der Waals surface area contributed by atoms with Gasteiger partial charge in [-0.1, -0.05) is 13.8 Å².